The second kappa shape index (κ2) is 12.1. The second-order valence-electron chi connectivity index (χ2n) is 9.61. The molecule has 0 aliphatic heterocycles. The van der Waals surface area contributed by atoms with Crippen LogP contribution in [0.25, 0.3) is 20.5 Å². The summed E-state index contributed by atoms with van der Waals surface area (Å²) < 4.78 is 26.6. The van der Waals surface area contributed by atoms with Gasteiger partial charge in [0.25, 0.3) is 0 Å². The maximum atomic E-state index is 5.42. The molecule has 0 aliphatic carbocycles. The van der Waals surface area contributed by atoms with Crippen LogP contribution in [0, 0.1) is 0 Å². The van der Waals surface area contributed by atoms with Crippen molar-refractivity contribution in [2.24, 2.45) is 0 Å². The minimum Gasteiger partial charge on any atom is -0.497 e. The number of ether oxygens (including phenoxy) is 4. The zero-order valence-corrected chi connectivity index (χ0v) is 25.5. The van der Waals surface area contributed by atoms with E-state index < -0.39 is 0 Å². The van der Waals surface area contributed by atoms with Gasteiger partial charge in [0, 0.05) is 29.6 Å². The lowest BCUT2D eigenvalue weighted by atomic mass is 9.98. The number of methoxy groups -OCH3 is 4. The normalized spacial score (nSPS) is 10.9. The van der Waals surface area contributed by atoms with Crippen LogP contribution in [0.5, 0.6) is 23.0 Å². The predicted octanol–water partition coefficient (Wildman–Crippen LogP) is 7.49. The molecule has 6 heteroatoms. The Morgan fingerprint density at radius 1 is 0.381 bits per heavy atom. The molecule has 42 heavy (non-hydrogen) atoms. The van der Waals surface area contributed by atoms with E-state index in [-0.39, 0.29) is 0 Å². The average molecular weight is 591 g/mol. The third-order valence-corrected chi connectivity index (χ3v) is 9.54. The Labute approximate surface area is 253 Å². The molecule has 0 fully saturated rings. The van der Waals surface area contributed by atoms with Gasteiger partial charge in [-0.2, -0.15) is 0 Å². The Kier molecular flexibility index (Phi) is 8.00. The van der Waals surface area contributed by atoms with Crippen LogP contribution >= 0.6 is 22.7 Å². The van der Waals surface area contributed by atoms with Gasteiger partial charge in [-0.05, 0) is 82.9 Å². The molecule has 2 aromatic heterocycles. The summed E-state index contributed by atoms with van der Waals surface area (Å²) >= 11 is 3.63. The van der Waals surface area contributed by atoms with Crippen molar-refractivity contribution in [2.75, 3.05) is 28.4 Å². The van der Waals surface area contributed by atoms with Crippen molar-refractivity contribution < 1.29 is 18.9 Å². The topological polar surface area (TPSA) is 36.9 Å². The van der Waals surface area contributed by atoms with Crippen LogP contribution in [0.1, 0.15) is 22.3 Å². The van der Waals surface area contributed by atoms with Gasteiger partial charge >= 0.3 is 0 Å². The van der Waals surface area contributed by atoms with Crippen LogP contribution < -0.4 is 28.0 Å². The highest BCUT2D eigenvalue weighted by Crippen LogP contribution is 2.30. The standard InChI is InChI=1S/C36H30O4S2/c1-37-27-13-5-23(6-14-27)35(24-7-15-28(38-2)16-8-24)33-21-31-32(41-33)22-34(42-31)36(25-9-17-29(39-3)18-10-25)26-11-19-30(40-4)20-12-26/h5-22H,1-4H3. The van der Waals surface area contributed by atoms with Crippen molar-refractivity contribution in [3.05, 3.63) is 141 Å². The molecule has 0 aliphatic rings. The van der Waals surface area contributed by atoms with E-state index in [0.29, 0.717) is 0 Å². The maximum absolute atomic E-state index is 5.42. The summed E-state index contributed by atoms with van der Waals surface area (Å²) in [7, 11) is 6.77. The lowest BCUT2D eigenvalue weighted by molar-refractivity contribution is 0.414. The summed E-state index contributed by atoms with van der Waals surface area (Å²) in [6.45, 7) is 0. The summed E-state index contributed by atoms with van der Waals surface area (Å²) in [4.78, 5) is 0. The molecule has 0 radical (unpaired) electrons. The van der Waals surface area contributed by atoms with Crippen LogP contribution in [0.3, 0.4) is 0 Å². The van der Waals surface area contributed by atoms with Gasteiger partial charge in [0.2, 0.25) is 0 Å². The van der Waals surface area contributed by atoms with Crippen molar-refractivity contribution in [1.82, 2.24) is 0 Å². The molecule has 0 unspecified atom stereocenters. The molecule has 0 atom stereocenters. The largest absolute Gasteiger partial charge is 0.497 e. The molecule has 0 bridgehead atoms. The van der Waals surface area contributed by atoms with Crippen LogP contribution in [0.15, 0.2) is 109 Å². The Hall–Kier alpha value is -4.52. The first-order chi connectivity index (χ1) is 20.6. The van der Waals surface area contributed by atoms with E-state index in [1.807, 2.05) is 71.2 Å². The fraction of sp³-hybridized carbons (Fsp3) is 0.111. The molecule has 6 rings (SSSR count). The number of hydrogen-bond donors (Lipinski definition) is 0. The quantitative estimate of drug-likeness (QED) is 0.184. The van der Waals surface area contributed by atoms with Gasteiger partial charge in [-0.25, -0.2) is 0 Å². The Bertz CT molecular complexity index is 1650. The van der Waals surface area contributed by atoms with Crippen LogP contribution in [0.4, 0.5) is 0 Å². The molecule has 210 valence electrons. The van der Waals surface area contributed by atoms with E-state index in [2.05, 4.69) is 60.7 Å². The molecule has 0 saturated carbocycles. The molecule has 0 saturated heterocycles. The van der Waals surface area contributed by atoms with Gasteiger partial charge in [-0.3, -0.25) is 0 Å². The first-order valence-corrected chi connectivity index (χ1v) is 15.1. The molecular formula is C36H30O4S2. The van der Waals surface area contributed by atoms with Crippen LogP contribution in [0.2, 0.25) is 0 Å². The number of hydrogen-bond acceptors (Lipinski definition) is 6. The van der Waals surface area contributed by atoms with E-state index in [9.17, 15) is 0 Å². The van der Waals surface area contributed by atoms with Gasteiger partial charge in [0.1, 0.15) is 23.0 Å². The van der Waals surface area contributed by atoms with Gasteiger partial charge in [-0.15, -0.1) is 22.7 Å². The van der Waals surface area contributed by atoms with Crippen LogP contribution in [-0.2, 0) is 0 Å². The van der Waals surface area contributed by atoms with Gasteiger partial charge in [0.15, 0.2) is 0 Å². The Morgan fingerprint density at radius 3 is 0.833 bits per heavy atom. The van der Waals surface area contributed by atoms with E-state index in [1.165, 1.54) is 29.6 Å². The summed E-state index contributed by atoms with van der Waals surface area (Å²) in [6, 6.07) is 37.7. The maximum Gasteiger partial charge on any atom is 0.118 e. The van der Waals surface area contributed by atoms with E-state index in [4.69, 9.17) is 18.9 Å². The summed E-state index contributed by atoms with van der Waals surface area (Å²) in [6.07, 6.45) is 0. The van der Waals surface area contributed by atoms with Crippen molar-refractivity contribution >= 4 is 43.2 Å². The zero-order chi connectivity index (χ0) is 29.1. The summed E-state index contributed by atoms with van der Waals surface area (Å²) in [5, 5.41) is 0. The smallest absolute Gasteiger partial charge is 0.118 e. The first kappa shape index (κ1) is 27.6. The highest BCUT2D eigenvalue weighted by atomic mass is 32.1. The second-order valence-corrected chi connectivity index (χ2v) is 11.8. The summed E-state index contributed by atoms with van der Waals surface area (Å²) in [5.74, 6) is 3.35. The number of benzene rings is 4. The van der Waals surface area contributed by atoms with Crippen LogP contribution in [-0.4, -0.2) is 28.4 Å². The average Bonchev–Trinajstić information content (AvgIpc) is 3.62. The fourth-order valence-electron chi connectivity index (χ4n) is 5.02. The lowest BCUT2D eigenvalue weighted by Gasteiger charge is -2.10. The van der Waals surface area contributed by atoms with E-state index >= 15 is 0 Å². The molecule has 0 amide bonds. The molecule has 4 aromatic carbocycles. The number of rotatable bonds is 8. The fourth-order valence-corrected chi connectivity index (χ4v) is 7.59. The van der Waals surface area contributed by atoms with Crippen molar-refractivity contribution in [2.45, 2.75) is 0 Å². The summed E-state index contributed by atoms with van der Waals surface area (Å²) in [5.41, 5.74) is 6.92. The van der Waals surface area contributed by atoms with Crippen molar-refractivity contribution in [3.8, 4) is 23.0 Å². The molecule has 0 spiro atoms. The molecule has 6 aromatic rings. The number of fused-ring (bicyclic) bond motifs is 1. The molecular weight excluding hydrogens is 561 g/mol. The Balaban J connectivity index is 1.56. The zero-order valence-electron chi connectivity index (χ0n) is 23.8. The first-order valence-electron chi connectivity index (χ1n) is 13.5. The highest BCUT2D eigenvalue weighted by Gasteiger charge is 2.14. The highest BCUT2D eigenvalue weighted by molar-refractivity contribution is 7.26. The lowest BCUT2D eigenvalue weighted by Crippen LogP contribution is -2.05. The number of thiophene rings is 2. The molecule has 0 N–H and O–H groups in total. The third-order valence-electron chi connectivity index (χ3n) is 7.21. The van der Waals surface area contributed by atoms with Gasteiger partial charge in [0.05, 0.1) is 28.4 Å². The monoisotopic (exact) mass is 590 g/mol. The van der Waals surface area contributed by atoms with E-state index in [1.54, 1.807) is 28.4 Å². The Morgan fingerprint density at radius 2 is 0.619 bits per heavy atom. The van der Waals surface area contributed by atoms with E-state index in [0.717, 1.165) is 45.3 Å². The predicted molar refractivity (Wildman–Crippen MR) is 174 cm³/mol. The molecule has 4 nitrogen and oxygen atoms in total. The minimum absolute atomic E-state index is 0.838. The third kappa shape index (κ3) is 5.51. The SMILES string of the molecule is COc1ccc(C(c2ccc(OC)cc2)=c2cc3sc(=C(c4ccc(OC)cc4)c4ccc(OC)cc4)cc3s2)cc1. The molecule has 2 heterocycles. The minimum atomic E-state index is 0.838. The van der Waals surface area contributed by atoms with Crippen molar-refractivity contribution in [3.63, 3.8) is 0 Å². The van der Waals surface area contributed by atoms with Crippen molar-refractivity contribution in [1.29, 1.82) is 0 Å². The van der Waals surface area contributed by atoms with Gasteiger partial charge in [-0.1, -0.05) is 48.5 Å². The van der Waals surface area contributed by atoms with Gasteiger partial charge < -0.3 is 18.9 Å².